The van der Waals surface area contributed by atoms with E-state index in [9.17, 15) is 0 Å². The van der Waals surface area contributed by atoms with Crippen molar-refractivity contribution in [2.75, 3.05) is 0 Å². The van der Waals surface area contributed by atoms with Crippen LogP contribution in [0.2, 0.25) is 0 Å². The summed E-state index contributed by atoms with van der Waals surface area (Å²) in [4.78, 5) is 0. The largest absolute Gasteiger partial charge is 0.0991 e. The molecule has 0 saturated carbocycles. The Balaban J connectivity index is 3.58. The lowest BCUT2D eigenvalue weighted by Gasteiger charge is -1.89. The molecule has 0 amide bonds. The molecule has 0 radical (unpaired) electrons. The number of hydrogen-bond donors (Lipinski definition) is 0. The summed E-state index contributed by atoms with van der Waals surface area (Å²) in [5, 5.41) is 0. The van der Waals surface area contributed by atoms with Gasteiger partial charge >= 0.3 is 0 Å². The molecule has 0 N–H and O–H groups in total. The smallest absolute Gasteiger partial charge is 0.0348 e. The Morgan fingerprint density at radius 1 is 0.706 bits per heavy atom. The standard InChI is InChI=1S/C17H24/c1-3-5-7-9-11-13-15-17-16-14-12-10-8-6-4-2/h3,5,7,9,11-17H,1,4,6,8,10H2,2H3. The van der Waals surface area contributed by atoms with Crippen molar-refractivity contribution in [3.8, 4) is 0 Å². The minimum absolute atomic E-state index is 1.19. The van der Waals surface area contributed by atoms with Crippen molar-refractivity contribution in [3.05, 3.63) is 73.4 Å². The second-order valence-corrected chi connectivity index (χ2v) is 3.70. The maximum atomic E-state index is 3.60. The lowest BCUT2D eigenvalue weighted by atomic mass is 10.2. The van der Waals surface area contributed by atoms with E-state index in [-0.39, 0.29) is 0 Å². The van der Waals surface area contributed by atoms with Gasteiger partial charge < -0.3 is 0 Å². The summed E-state index contributed by atoms with van der Waals surface area (Å²) < 4.78 is 0. The van der Waals surface area contributed by atoms with Crippen LogP contribution in [0.5, 0.6) is 0 Å². The van der Waals surface area contributed by atoms with E-state index in [0.717, 1.165) is 0 Å². The van der Waals surface area contributed by atoms with Crippen molar-refractivity contribution >= 4 is 0 Å². The third-order valence-corrected chi connectivity index (χ3v) is 2.14. The average molecular weight is 228 g/mol. The molecule has 92 valence electrons. The number of unbranched alkanes of at least 4 members (excludes halogenated alkanes) is 3. The Morgan fingerprint density at radius 2 is 1.24 bits per heavy atom. The highest BCUT2D eigenvalue weighted by Gasteiger charge is 1.79. The predicted octanol–water partition coefficient (Wildman–Crippen LogP) is 5.53. The summed E-state index contributed by atoms with van der Waals surface area (Å²) in [5.74, 6) is 0. The fourth-order valence-electron chi connectivity index (χ4n) is 1.21. The van der Waals surface area contributed by atoms with E-state index >= 15 is 0 Å². The molecule has 0 aliphatic rings. The van der Waals surface area contributed by atoms with Gasteiger partial charge in [0.2, 0.25) is 0 Å². The molecule has 0 atom stereocenters. The van der Waals surface area contributed by atoms with Crippen LogP contribution in [0, 0.1) is 0 Å². The molecule has 0 rings (SSSR count). The Kier molecular flexibility index (Phi) is 13.1. The molecule has 0 nitrogen and oxygen atoms in total. The highest BCUT2D eigenvalue weighted by molar-refractivity contribution is 5.18. The second-order valence-electron chi connectivity index (χ2n) is 3.70. The SMILES string of the molecule is C=CC=CC=CC=CC=CC=CCCCCC. The van der Waals surface area contributed by atoms with Crippen LogP contribution in [0.15, 0.2) is 73.4 Å². The van der Waals surface area contributed by atoms with Crippen molar-refractivity contribution in [2.45, 2.75) is 32.6 Å². The maximum absolute atomic E-state index is 3.60. The quantitative estimate of drug-likeness (QED) is 0.359. The molecule has 0 bridgehead atoms. The Morgan fingerprint density at radius 3 is 1.76 bits per heavy atom. The lowest BCUT2D eigenvalue weighted by Crippen LogP contribution is -1.69. The van der Waals surface area contributed by atoms with Gasteiger partial charge in [0, 0.05) is 0 Å². The molecular formula is C17H24. The summed E-state index contributed by atoms with van der Waals surface area (Å²) in [6, 6.07) is 0. The highest BCUT2D eigenvalue weighted by atomic mass is 13.9. The maximum Gasteiger partial charge on any atom is -0.0348 e. The van der Waals surface area contributed by atoms with E-state index < -0.39 is 0 Å². The Labute approximate surface area is 106 Å². The van der Waals surface area contributed by atoms with Gasteiger partial charge in [-0.3, -0.25) is 0 Å². The molecule has 0 aliphatic heterocycles. The zero-order valence-corrected chi connectivity index (χ0v) is 10.9. The first-order chi connectivity index (χ1) is 8.41. The van der Waals surface area contributed by atoms with Gasteiger partial charge in [-0.1, -0.05) is 93.2 Å². The van der Waals surface area contributed by atoms with E-state index in [1.165, 1.54) is 25.7 Å². The van der Waals surface area contributed by atoms with Crippen molar-refractivity contribution in [1.29, 1.82) is 0 Å². The molecule has 0 aromatic carbocycles. The minimum Gasteiger partial charge on any atom is -0.0991 e. The van der Waals surface area contributed by atoms with Crippen molar-refractivity contribution in [2.24, 2.45) is 0 Å². The fourth-order valence-corrected chi connectivity index (χ4v) is 1.21. The van der Waals surface area contributed by atoms with Crippen LogP contribution < -0.4 is 0 Å². The number of hydrogen-bond acceptors (Lipinski definition) is 0. The van der Waals surface area contributed by atoms with Crippen LogP contribution in [0.25, 0.3) is 0 Å². The first kappa shape index (κ1) is 15.4. The lowest BCUT2D eigenvalue weighted by molar-refractivity contribution is 0.729. The van der Waals surface area contributed by atoms with Crippen LogP contribution in [-0.2, 0) is 0 Å². The van der Waals surface area contributed by atoms with Gasteiger partial charge in [0.05, 0.1) is 0 Å². The predicted molar refractivity (Wildman–Crippen MR) is 80.0 cm³/mol. The third-order valence-electron chi connectivity index (χ3n) is 2.14. The fraction of sp³-hybridized carbons (Fsp3) is 0.294. The molecule has 0 aromatic heterocycles. The molecule has 0 aromatic rings. The normalized spacial score (nSPS) is 13.0. The van der Waals surface area contributed by atoms with Gasteiger partial charge in [0.25, 0.3) is 0 Å². The van der Waals surface area contributed by atoms with Gasteiger partial charge in [-0.2, -0.15) is 0 Å². The van der Waals surface area contributed by atoms with Crippen LogP contribution in [0.1, 0.15) is 32.6 Å². The van der Waals surface area contributed by atoms with Crippen molar-refractivity contribution < 1.29 is 0 Å². The summed E-state index contributed by atoms with van der Waals surface area (Å²) in [7, 11) is 0. The molecule has 0 aliphatic carbocycles. The molecule has 0 fully saturated rings. The van der Waals surface area contributed by atoms with Crippen LogP contribution in [0.4, 0.5) is 0 Å². The first-order valence-corrected chi connectivity index (χ1v) is 6.36. The molecule has 0 heterocycles. The summed E-state index contributed by atoms with van der Waals surface area (Å²) in [6.45, 7) is 5.83. The zero-order valence-electron chi connectivity index (χ0n) is 10.9. The minimum atomic E-state index is 1.19. The van der Waals surface area contributed by atoms with Crippen LogP contribution >= 0.6 is 0 Å². The summed E-state index contributed by atoms with van der Waals surface area (Å²) >= 11 is 0. The van der Waals surface area contributed by atoms with E-state index in [4.69, 9.17) is 0 Å². The van der Waals surface area contributed by atoms with Crippen molar-refractivity contribution in [3.63, 3.8) is 0 Å². The molecule has 0 heteroatoms. The van der Waals surface area contributed by atoms with Gasteiger partial charge in [0.15, 0.2) is 0 Å². The summed E-state index contributed by atoms with van der Waals surface area (Å²) in [6.07, 6.45) is 27.2. The molecule has 0 unspecified atom stereocenters. The van der Waals surface area contributed by atoms with Gasteiger partial charge in [-0.15, -0.1) is 0 Å². The average Bonchev–Trinajstić information content (AvgIpc) is 2.35. The van der Waals surface area contributed by atoms with E-state index in [2.05, 4.69) is 31.7 Å². The van der Waals surface area contributed by atoms with E-state index in [1.54, 1.807) is 6.08 Å². The number of rotatable bonds is 9. The Bertz CT molecular complexity index is 298. The molecule has 0 saturated heterocycles. The second kappa shape index (κ2) is 14.4. The third kappa shape index (κ3) is 14.4. The Hall–Kier alpha value is -1.56. The van der Waals surface area contributed by atoms with Crippen LogP contribution in [-0.4, -0.2) is 0 Å². The topological polar surface area (TPSA) is 0 Å². The van der Waals surface area contributed by atoms with Gasteiger partial charge in [-0.25, -0.2) is 0 Å². The molecule has 17 heavy (non-hydrogen) atoms. The number of allylic oxidation sites excluding steroid dienone is 11. The van der Waals surface area contributed by atoms with Crippen molar-refractivity contribution in [1.82, 2.24) is 0 Å². The van der Waals surface area contributed by atoms with Crippen LogP contribution in [0.3, 0.4) is 0 Å². The molecular weight excluding hydrogens is 204 g/mol. The molecule has 0 spiro atoms. The van der Waals surface area contributed by atoms with E-state index in [0.29, 0.717) is 0 Å². The van der Waals surface area contributed by atoms with Gasteiger partial charge in [0.1, 0.15) is 0 Å². The van der Waals surface area contributed by atoms with Gasteiger partial charge in [-0.05, 0) is 12.8 Å². The van der Waals surface area contributed by atoms with E-state index in [1.807, 2.05) is 42.5 Å². The highest BCUT2D eigenvalue weighted by Crippen LogP contribution is 1.99. The summed E-state index contributed by atoms with van der Waals surface area (Å²) in [5.41, 5.74) is 0. The first-order valence-electron chi connectivity index (χ1n) is 6.36. The monoisotopic (exact) mass is 228 g/mol. The zero-order chi connectivity index (χ0) is 12.6.